The molecule has 0 aliphatic carbocycles. The Hall–Kier alpha value is -6.76. The summed E-state index contributed by atoms with van der Waals surface area (Å²) < 4.78 is 17.9. The number of carbonyl (C=O) groups excluding carboxylic acids is 4. The Morgan fingerprint density at radius 3 is 2.51 bits per heavy atom. The van der Waals surface area contributed by atoms with Gasteiger partial charge >= 0.3 is 0 Å². The number of anilines is 2. The van der Waals surface area contributed by atoms with E-state index in [0.717, 1.165) is 91.0 Å². The van der Waals surface area contributed by atoms with Crippen molar-refractivity contribution in [2.24, 2.45) is 5.73 Å². The molecule has 5 aromatic rings. The third kappa shape index (κ3) is 11.1. The lowest BCUT2D eigenvalue weighted by molar-refractivity contribution is -0.136. The second kappa shape index (κ2) is 22.2. The Balaban J connectivity index is 0.767. The largest absolute Gasteiger partial charge is 0.494 e. The van der Waals surface area contributed by atoms with E-state index in [1.165, 1.54) is 6.33 Å². The molecule has 2 fully saturated rings. The lowest BCUT2D eigenvalue weighted by Gasteiger charge is -2.39. The summed E-state index contributed by atoms with van der Waals surface area (Å²) in [5, 5.41) is 20.8. The van der Waals surface area contributed by atoms with Gasteiger partial charge in [-0.2, -0.15) is 5.10 Å². The van der Waals surface area contributed by atoms with Crippen molar-refractivity contribution in [2.75, 3.05) is 63.3 Å². The number of nitrogens with zero attached hydrogens (tertiary/aromatic N) is 5. The lowest BCUT2D eigenvalue weighted by Crippen LogP contribution is -2.52. The number of hydrogen-bond acceptors (Lipinski definition) is 14. The first kappa shape index (κ1) is 46.8. The van der Waals surface area contributed by atoms with Crippen molar-refractivity contribution >= 4 is 35.0 Å². The average molecular weight is 914 g/mol. The number of H-pyrrole nitrogens is 1. The predicted molar refractivity (Wildman–Crippen MR) is 251 cm³/mol. The van der Waals surface area contributed by atoms with Gasteiger partial charge in [-0.3, -0.25) is 29.6 Å². The molecular formula is C49H59N11O7. The van der Waals surface area contributed by atoms with E-state index in [2.05, 4.69) is 47.5 Å². The minimum atomic E-state index is -0.646. The number of piperidine rings is 2. The van der Waals surface area contributed by atoms with E-state index in [4.69, 9.17) is 24.9 Å². The first-order chi connectivity index (χ1) is 32.7. The molecule has 0 bridgehead atoms. The number of benzene rings is 3. The summed E-state index contributed by atoms with van der Waals surface area (Å²) in [5.41, 5.74) is 12.2. The van der Waals surface area contributed by atoms with Crippen molar-refractivity contribution < 1.29 is 33.4 Å². The summed E-state index contributed by atoms with van der Waals surface area (Å²) in [7, 11) is 0. The first-order valence-electron chi connectivity index (χ1n) is 23.3. The molecule has 1 unspecified atom stereocenters. The summed E-state index contributed by atoms with van der Waals surface area (Å²) in [6, 6.07) is 18.5. The third-order valence-corrected chi connectivity index (χ3v) is 12.6. The number of unbranched alkanes of at least 4 members (excludes halogenated alkanes) is 3. The number of imide groups is 1. The van der Waals surface area contributed by atoms with Crippen LogP contribution in [0.3, 0.4) is 0 Å². The number of amides is 4. The van der Waals surface area contributed by atoms with Crippen LogP contribution in [0.1, 0.15) is 96.0 Å². The van der Waals surface area contributed by atoms with E-state index in [-0.39, 0.29) is 18.2 Å². The minimum Gasteiger partial charge on any atom is -0.494 e. The van der Waals surface area contributed by atoms with Crippen molar-refractivity contribution in [3.63, 3.8) is 0 Å². The number of primary amides is 1. The van der Waals surface area contributed by atoms with E-state index in [0.29, 0.717) is 87.4 Å². The number of rotatable bonds is 23. The molecule has 7 N–H and O–H groups in total. The third-order valence-electron chi connectivity index (χ3n) is 12.6. The number of carbonyl (C=O) groups is 4. The van der Waals surface area contributed by atoms with E-state index in [1.54, 1.807) is 23.2 Å². The molecule has 0 radical (unpaired) electrons. The molecule has 8 rings (SSSR count). The first-order valence-corrected chi connectivity index (χ1v) is 23.3. The summed E-state index contributed by atoms with van der Waals surface area (Å²) in [4.78, 5) is 64.7. The molecule has 4 amide bonds. The van der Waals surface area contributed by atoms with Crippen LogP contribution in [0, 0.1) is 0 Å². The fraction of sp³-hybridized carbons (Fsp3) is 0.429. The van der Waals surface area contributed by atoms with Gasteiger partial charge in [0.2, 0.25) is 17.7 Å². The number of hydrogen-bond donors (Lipinski definition) is 6. The van der Waals surface area contributed by atoms with Crippen LogP contribution in [-0.4, -0.2) is 112 Å². The maximum atomic E-state index is 13.1. The summed E-state index contributed by atoms with van der Waals surface area (Å²) in [5.74, 6) is 0.542. The smallest absolute Gasteiger partial charge is 0.255 e. The maximum Gasteiger partial charge on any atom is 0.255 e. The number of fused-ring (bicyclic) bond motifs is 1. The summed E-state index contributed by atoms with van der Waals surface area (Å²) >= 11 is 0. The van der Waals surface area contributed by atoms with Crippen LogP contribution in [0.4, 0.5) is 11.4 Å². The molecule has 1 atom stereocenters. The molecule has 352 valence electrons. The SMILES string of the molecule is CCc1c(C(N)=O)ccc(-c2cccc(OCCCCCCOCCOCCNc3cccc4c3CN(C3CCC(=O)NC3=O)C4=O)c2)c1NC1(c2nc(-c3ccncn3)n[nH]2)CCNCC1. The molecule has 67 heavy (non-hydrogen) atoms. The van der Waals surface area contributed by atoms with Crippen LogP contribution in [-0.2, 0) is 37.6 Å². The molecular weight excluding hydrogens is 855 g/mol. The molecule has 3 aliphatic heterocycles. The molecule has 2 aromatic heterocycles. The minimum absolute atomic E-state index is 0.195. The molecule has 3 aromatic carbocycles. The fourth-order valence-corrected chi connectivity index (χ4v) is 9.09. The van der Waals surface area contributed by atoms with Crippen molar-refractivity contribution in [3.8, 4) is 28.4 Å². The van der Waals surface area contributed by atoms with Crippen molar-refractivity contribution in [2.45, 2.75) is 82.8 Å². The van der Waals surface area contributed by atoms with E-state index >= 15 is 0 Å². The maximum absolute atomic E-state index is 13.1. The number of nitrogens with one attached hydrogen (secondary N) is 5. The molecule has 5 heterocycles. The molecule has 18 heteroatoms. The molecule has 0 saturated carbocycles. The van der Waals surface area contributed by atoms with Gasteiger partial charge < -0.3 is 40.8 Å². The zero-order chi connectivity index (χ0) is 46.6. The highest BCUT2D eigenvalue weighted by molar-refractivity contribution is 6.06. The van der Waals surface area contributed by atoms with Crippen molar-refractivity contribution in [3.05, 3.63) is 101 Å². The van der Waals surface area contributed by atoms with Crippen LogP contribution in [0.15, 0.2) is 73.2 Å². The van der Waals surface area contributed by atoms with Gasteiger partial charge in [0.15, 0.2) is 11.6 Å². The van der Waals surface area contributed by atoms with Gasteiger partial charge in [-0.25, -0.2) is 15.0 Å². The van der Waals surface area contributed by atoms with Crippen molar-refractivity contribution in [1.82, 2.24) is 40.7 Å². The van der Waals surface area contributed by atoms with E-state index in [9.17, 15) is 19.2 Å². The Morgan fingerprint density at radius 1 is 0.925 bits per heavy atom. The van der Waals surface area contributed by atoms with Gasteiger partial charge in [-0.05, 0) is 106 Å². The second-order valence-corrected chi connectivity index (χ2v) is 17.0. The lowest BCUT2D eigenvalue weighted by atomic mass is 9.85. The standard InChI is InChI=1S/C49H59N11O7/c1-2-34-36(44(50)62)14-13-35(43(34)57-49(18-21-51-22-19-49)48-56-45(58-59-48)40-17-20-52-31-54-40)32-9-7-10-33(29-32)67-25-6-4-3-5-24-65-27-28-66-26-23-53-39-12-8-11-37-38(39)30-60(47(37)64)41-15-16-42(61)55-46(41)63/h7-14,17,20,29,31,41,51,53,57H,2-6,15-16,18-19,21-28,30H2,1H3,(H2,50,62)(H,55,61,63)(H,56,58,59). The number of aromatic nitrogens is 5. The van der Waals surface area contributed by atoms with E-state index in [1.807, 2.05) is 49.4 Å². The second-order valence-electron chi connectivity index (χ2n) is 17.0. The van der Waals surface area contributed by atoms with Gasteiger partial charge in [0.05, 0.1) is 32.0 Å². The van der Waals surface area contributed by atoms with Crippen LogP contribution in [0.25, 0.3) is 22.6 Å². The molecule has 0 spiro atoms. The average Bonchev–Trinajstić information content (AvgIpc) is 3.98. The van der Waals surface area contributed by atoms with Crippen LogP contribution >= 0.6 is 0 Å². The fourth-order valence-electron chi connectivity index (χ4n) is 9.09. The quantitative estimate of drug-likeness (QED) is 0.0368. The topological polar surface area (TPSA) is 241 Å². The number of aromatic amines is 1. The van der Waals surface area contributed by atoms with Crippen LogP contribution in [0.5, 0.6) is 5.75 Å². The highest BCUT2D eigenvalue weighted by atomic mass is 16.5. The van der Waals surface area contributed by atoms with Crippen molar-refractivity contribution in [1.29, 1.82) is 0 Å². The molecule has 2 saturated heterocycles. The highest BCUT2D eigenvalue weighted by Gasteiger charge is 2.41. The summed E-state index contributed by atoms with van der Waals surface area (Å²) in [6.07, 6.45) is 9.58. The highest BCUT2D eigenvalue weighted by Crippen LogP contribution is 2.41. The Morgan fingerprint density at radius 2 is 1.73 bits per heavy atom. The monoisotopic (exact) mass is 913 g/mol. The Bertz CT molecular complexity index is 2530. The van der Waals surface area contributed by atoms with Gasteiger partial charge in [0, 0.05) is 65.9 Å². The van der Waals surface area contributed by atoms with Gasteiger partial charge in [0.1, 0.15) is 23.8 Å². The predicted octanol–water partition coefficient (Wildman–Crippen LogP) is 5.13. The van der Waals surface area contributed by atoms with E-state index < -0.39 is 23.4 Å². The Kier molecular flexibility index (Phi) is 15.5. The summed E-state index contributed by atoms with van der Waals surface area (Å²) in [6.45, 7) is 7.09. The van der Waals surface area contributed by atoms with Crippen LogP contribution in [0.2, 0.25) is 0 Å². The normalized spacial score (nSPS) is 16.7. The zero-order valence-electron chi connectivity index (χ0n) is 37.9. The van der Waals surface area contributed by atoms with Gasteiger partial charge in [-0.1, -0.05) is 37.6 Å². The molecule has 18 nitrogen and oxygen atoms in total. The van der Waals surface area contributed by atoms with Gasteiger partial charge in [-0.15, -0.1) is 0 Å². The van der Waals surface area contributed by atoms with Gasteiger partial charge in [0.25, 0.3) is 5.91 Å². The zero-order valence-corrected chi connectivity index (χ0v) is 37.9. The molecule has 3 aliphatic rings. The number of ether oxygens (including phenoxy) is 3. The number of nitrogens with two attached hydrogens (primary N) is 1. The Labute approximate surface area is 389 Å². The van der Waals surface area contributed by atoms with Crippen LogP contribution < -0.4 is 31.7 Å².